The minimum Gasteiger partial charge on any atom is -0.507 e. The summed E-state index contributed by atoms with van der Waals surface area (Å²) < 4.78 is 1.87. The van der Waals surface area contributed by atoms with Gasteiger partial charge in [0.05, 0.1) is 6.21 Å². The molecule has 0 fully saturated rings. The Morgan fingerprint density at radius 1 is 1.19 bits per heavy atom. The zero-order valence-corrected chi connectivity index (χ0v) is 17.7. The molecule has 0 aliphatic rings. The Kier molecular flexibility index (Phi) is 7.58. The highest BCUT2D eigenvalue weighted by Gasteiger charge is 2.08. The van der Waals surface area contributed by atoms with Crippen LogP contribution in [0.4, 0.5) is 5.69 Å². The molecule has 8 heteroatoms. The highest BCUT2D eigenvalue weighted by atomic mass is 127. The van der Waals surface area contributed by atoms with Gasteiger partial charge in [-0.15, -0.1) is 0 Å². The second-order valence-corrected chi connectivity index (χ2v) is 7.67. The van der Waals surface area contributed by atoms with E-state index in [1.165, 1.54) is 12.3 Å². The number of aromatic hydroxyl groups is 1. The predicted molar refractivity (Wildman–Crippen MR) is 113 cm³/mol. The monoisotopic (exact) mass is 529 g/mol. The van der Waals surface area contributed by atoms with E-state index in [0.29, 0.717) is 5.56 Å². The Morgan fingerprint density at radius 3 is 2.65 bits per heavy atom. The van der Waals surface area contributed by atoms with Crippen LogP contribution in [0.2, 0.25) is 0 Å². The van der Waals surface area contributed by atoms with Crippen molar-refractivity contribution in [2.24, 2.45) is 5.10 Å². The molecule has 136 valence electrons. The number of rotatable bonds is 6. The molecule has 0 bridgehead atoms. The zero-order valence-electron chi connectivity index (χ0n) is 13.9. The largest absolute Gasteiger partial charge is 0.507 e. The number of aryl methyl sites for hydroxylation is 1. The van der Waals surface area contributed by atoms with E-state index < -0.39 is 0 Å². The number of anilines is 1. The standard InChI is InChI=1S/C18H17BrIN3O3/c1-11-8-14(20)3-4-15(11)22-17(25)6-7-18(26)23-21-10-12-9-13(19)2-5-16(12)24/h2-5,8-10,24H,6-7H2,1H3,(H,22,25)(H,23,26)/b21-10+. The average Bonchev–Trinajstić information content (AvgIpc) is 2.58. The molecule has 3 N–H and O–H groups in total. The lowest BCUT2D eigenvalue weighted by Crippen LogP contribution is -2.20. The molecular formula is C18H17BrIN3O3. The average molecular weight is 530 g/mol. The quantitative estimate of drug-likeness (QED) is 0.301. The third kappa shape index (κ3) is 6.41. The lowest BCUT2D eigenvalue weighted by molar-refractivity contribution is -0.124. The minimum absolute atomic E-state index is 0.0110. The molecular weight excluding hydrogens is 513 g/mol. The van der Waals surface area contributed by atoms with Gasteiger partial charge in [-0.1, -0.05) is 15.9 Å². The molecule has 0 aliphatic carbocycles. The van der Waals surface area contributed by atoms with Crippen LogP contribution >= 0.6 is 38.5 Å². The number of phenols is 1. The number of halogens is 2. The lowest BCUT2D eigenvalue weighted by Gasteiger charge is -2.08. The number of nitrogens with one attached hydrogen (secondary N) is 2. The molecule has 0 saturated heterocycles. The van der Waals surface area contributed by atoms with Crippen molar-refractivity contribution in [1.29, 1.82) is 0 Å². The molecule has 0 atom stereocenters. The van der Waals surface area contributed by atoms with Gasteiger partial charge < -0.3 is 10.4 Å². The minimum atomic E-state index is -0.384. The van der Waals surface area contributed by atoms with Gasteiger partial charge in [0.25, 0.3) is 0 Å². The fraction of sp³-hybridized carbons (Fsp3) is 0.167. The highest BCUT2D eigenvalue weighted by Crippen LogP contribution is 2.20. The van der Waals surface area contributed by atoms with Crippen LogP contribution in [0, 0.1) is 10.5 Å². The molecule has 6 nitrogen and oxygen atoms in total. The van der Waals surface area contributed by atoms with Crippen LogP contribution in [0.1, 0.15) is 24.0 Å². The first-order valence-corrected chi connectivity index (χ1v) is 9.59. The van der Waals surface area contributed by atoms with E-state index in [0.717, 1.165) is 19.3 Å². The molecule has 2 rings (SSSR count). The number of hydrazone groups is 1. The lowest BCUT2D eigenvalue weighted by atomic mass is 10.2. The molecule has 2 amide bonds. The first-order chi connectivity index (χ1) is 12.3. The number of carbonyl (C=O) groups is 2. The summed E-state index contributed by atoms with van der Waals surface area (Å²) in [4.78, 5) is 23.7. The summed E-state index contributed by atoms with van der Waals surface area (Å²) in [6.07, 6.45) is 1.40. The molecule has 2 aromatic rings. The number of phenolic OH excluding ortho intramolecular Hbond substituents is 1. The van der Waals surface area contributed by atoms with Crippen molar-refractivity contribution in [2.45, 2.75) is 19.8 Å². The molecule has 0 unspecified atom stereocenters. The molecule has 26 heavy (non-hydrogen) atoms. The van der Waals surface area contributed by atoms with Gasteiger partial charge >= 0.3 is 0 Å². The van der Waals surface area contributed by atoms with E-state index in [9.17, 15) is 14.7 Å². The van der Waals surface area contributed by atoms with E-state index in [1.807, 2.05) is 25.1 Å². The number of nitrogens with zero attached hydrogens (tertiary/aromatic N) is 1. The molecule has 2 aromatic carbocycles. The SMILES string of the molecule is Cc1cc(I)ccc1NC(=O)CCC(=O)N/N=C/c1cc(Br)ccc1O. The van der Waals surface area contributed by atoms with E-state index in [-0.39, 0.29) is 30.4 Å². The van der Waals surface area contributed by atoms with Crippen LogP contribution < -0.4 is 10.7 Å². The molecule has 0 aliphatic heterocycles. The Balaban J connectivity index is 1.80. The molecule has 0 radical (unpaired) electrons. The first kappa shape index (κ1) is 20.4. The van der Waals surface area contributed by atoms with Crippen molar-refractivity contribution in [3.8, 4) is 5.75 Å². The smallest absolute Gasteiger partial charge is 0.240 e. The summed E-state index contributed by atoms with van der Waals surface area (Å²) in [5, 5.41) is 16.3. The van der Waals surface area contributed by atoms with Gasteiger partial charge in [0.15, 0.2) is 0 Å². The fourth-order valence-electron chi connectivity index (χ4n) is 2.07. The maximum Gasteiger partial charge on any atom is 0.240 e. The van der Waals surface area contributed by atoms with Crippen LogP contribution in [-0.4, -0.2) is 23.1 Å². The van der Waals surface area contributed by atoms with Crippen molar-refractivity contribution in [3.63, 3.8) is 0 Å². The summed E-state index contributed by atoms with van der Waals surface area (Å²) in [5.74, 6) is -0.568. The summed E-state index contributed by atoms with van der Waals surface area (Å²) in [6.45, 7) is 1.91. The number of amides is 2. The van der Waals surface area contributed by atoms with Gasteiger partial charge in [-0.3, -0.25) is 9.59 Å². The Bertz CT molecular complexity index is 856. The van der Waals surface area contributed by atoms with E-state index >= 15 is 0 Å². The van der Waals surface area contributed by atoms with Crippen molar-refractivity contribution in [2.75, 3.05) is 5.32 Å². The van der Waals surface area contributed by atoms with Crippen molar-refractivity contribution in [1.82, 2.24) is 5.43 Å². The van der Waals surface area contributed by atoms with Gasteiger partial charge in [-0.25, -0.2) is 5.43 Å². The zero-order chi connectivity index (χ0) is 19.1. The third-order valence-corrected chi connectivity index (χ3v) is 4.59. The summed E-state index contributed by atoms with van der Waals surface area (Å²) >= 11 is 5.49. The number of hydrogen-bond acceptors (Lipinski definition) is 4. The first-order valence-electron chi connectivity index (χ1n) is 7.71. The van der Waals surface area contributed by atoms with Crippen LogP contribution in [0.15, 0.2) is 46.0 Å². The summed E-state index contributed by atoms with van der Waals surface area (Å²) in [5.41, 5.74) is 4.50. The second kappa shape index (κ2) is 9.67. The third-order valence-electron chi connectivity index (χ3n) is 3.42. The van der Waals surface area contributed by atoms with Crippen LogP contribution in [0.5, 0.6) is 5.75 Å². The van der Waals surface area contributed by atoms with Crippen molar-refractivity contribution in [3.05, 3.63) is 55.6 Å². The maximum absolute atomic E-state index is 12.0. The number of benzene rings is 2. The van der Waals surface area contributed by atoms with E-state index in [2.05, 4.69) is 54.4 Å². The van der Waals surface area contributed by atoms with Crippen molar-refractivity contribution < 1.29 is 14.7 Å². The molecule has 0 aromatic heterocycles. The number of hydrogen-bond donors (Lipinski definition) is 3. The van der Waals surface area contributed by atoms with E-state index in [4.69, 9.17) is 0 Å². The summed E-state index contributed by atoms with van der Waals surface area (Å²) in [6, 6.07) is 10.6. The summed E-state index contributed by atoms with van der Waals surface area (Å²) in [7, 11) is 0. The fourth-order valence-corrected chi connectivity index (χ4v) is 3.09. The van der Waals surface area contributed by atoms with Crippen molar-refractivity contribution >= 4 is 62.2 Å². The topological polar surface area (TPSA) is 90.8 Å². The Morgan fingerprint density at radius 2 is 1.92 bits per heavy atom. The Labute approximate surface area is 173 Å². The highest BCUT2D eigenvalue weighted by molar-refractivity contribution is 14.1. The molecule has 0 spiro atoms. The van der Waals surface area contributed by atoms with Crippen LogP contribution in [-0.2, 0) is 9.59 Å². The number of carbonyl (C=O) groups excluding carboxylic acids is 2. The van der Waals surface area contributed by atoms with Gasteiger partial charge in [0.2, 0.25) is 11.8 Å². The maximum atomic E-state index is 12.0. The van der Waals surface area contributed by atoms with Crippen LogP contribution in [0.3, 0.4) is 0 Å². The van der Waals surface area contributed by atoms with Gasteiger partial charge in [-0.2, -0.15) is 5.10 Å². The molecule has 0 saturated carbocycles. The predicted octanol–water partition coefficient (Wildman–Crippen LogP) is 3.94. The molecule has 0 heterocycles. The normalized spacial score (nSPS) is 10.7. The van der Waals surface area contributed by atoms with Gasteiger partial charge in [0.1, 0.15) is 5.75 Å². The Hall–Kier alpha value is -1.94. The van der Waals surface area contributed by atoms with Crippen LogP contribution in [0.25, 0.3) is 0 Å². The second-order valence-electron chi connectivity index (χ2n) is 5.50. The van der Waals surface area contributed by atoms with E-state index in [1.54, 1.807) is 12.1 Å². The van der Waals surface area contributed by atoms with Gasteiger partial charge in [0, 0.05) is 32.1 Å². The van der Waals surface area contributed by atoms with Gasteiger partial charge in [-0.05, 0) is 71.5 Å².